The van der Waals surface area contributed by atoms with Crippen molar-refractivity contribution in [3.63, 3.8) is 0 Å². The van der Waals surface area contributed by atoms with Crippen molar-refractivity contribution in [2.45, 2.75) is 56.7 Å². The Morgan fingerprint density at radius 2 is 1.96 bits per heavy atom. The highest BCUT2D eigenvalue weighted by atomic mass is 32.1. The SMILES string of the molecule is O=C(NC1CCC(n2cnnc2)CC1)c1ccc(C2CCCO2)s1. The Morgan fingerprint density at radius 1 is 1.17 bits per heavy atom. The van der Waals surface area contributed by atoms with Crippen molar-refractivity contribution in [1.29, 1.82) is 0 Å². The first-order chi connectivity index (χ1) is 11.8. The van der Waals surface area contributed by atoms with Crippen LogP contribution in [0.1, 0.15) is 65.2 Å². The van der Waals surface area contributed by atoms with E-state index in [1.807, 2.05) is 12.1 Å². The quantitative estimate of drug-likeness (QED) is 0.923. The lowest BCUT2D eigenvalue weighted by Gasteiger charge is -2.29. The molecule has 4 rings (SSSR count). The molecule has 1 saturated heterocycles. The lowest BCUT2D eigenvalue weighted by Crippen LogP contribution is -2.37. The molecular weight excluding hydrogens is 324 g/mol. The summed E-state index contributed by atoms with van der Waals surface area (Å²) in [5, 5.41) is 10.9. The van der Waals surface area contributed by atoms with Gasteiger partial charge in [-0.25, -0.2) is 0 Å². The van der Waals surface area contributed by atoms with Gasteiger partial charge in [0, 0.05) is 23.6 Å². The van der Waals surface area contributed by atoms with E-state index < -0.39 is 0 Å². The van der Waals surface area contributed by atoms with Gasteiger partial charge in [0.2, 0.25) is 0 Å². The van der Waals surface area contributed by atoms with Crippen LogP contribution in [-0.2, 0) is 4.74 Å². The second-order valence-electron chi connectivity index (χ2n) is 6.59. The standard InChI is InChI=1S/C17H22N4O2S/c22-17(16-8-7-15(24-16)14-2-1-9-23-14)20-12-3-5-13(6-4-12)21-10-18-19-11-21/h7-8,10-14H,1-6,9H2,(H,20,22). The summed E-state index contributed by atoms with van der Waals surface area (Å²) in [7, 11) is 0. The van der Waals surface area contributed by atoms with E-state index in [9.17, 15) is 4.79 Å². The predicted octanol–water partition coefficient (Wildman–Crippen LogP) is 3.10. The topological polar surface area (TPSA) is 69.0 Å². The van der Waals surface area contributed by atoms with Crippen molar-refractivity contribution in [1.82, 2.24) is 20.1 Å². The van der Waals surface area contributed by atoms with Crippen molar-refractivity contribution in [2.24, 2.45) is 0 Å². The van der Waals surface area contributed by atoms with Crippen molar-refractivity contribution in [3.8, 4) is 0 Å². The Morgan fingerprint density at radius 3 is 2.67 bits per heavy atom. The van der Waals surface area contributed by atoms with Crippen LogP contribution < -0.4 is 5.32 Å². The molecule has 0 radical (unpaired) electrons. The Labute approximate surface area is 145 Å². The van der Waals surface area contributed by atoms with Crippen LogP contribution in [0.5, 0.6) is 0 Å². The van der Waals surface area contributed by atoms with E-state index in [0.29, 0.717) is 6.04 Å². The average molecular weight is 346 g/mol. The second-order valence-corrected chi connectivity index (χ2v) is 7.71. The maximum atomic E-state index is 12.5. The third kappa shape index (κ3) is 3.37. The number of amides is 1. The largest absolute Gasteiger partial charge is 0.373 e. The monoisotopic (exact) mass is 346 g/mol. The summed E-state index contributed by atoms with van der Waals surface area (Å²) in [4.78, 5) is 14.5. The van der Waals surface area contributed by atoms with Crippen LogP contribution >= 0.6 is 11.3 Å². The summed E-state index contributed by atoms with van der Waals surface area (Å²) in [6.45, 7) is 0.833. The molecule has 7 heteroatoms. The summed E-state index contributed by atoms with van der Waals surface area (Å²) >= 11 is 1.57. The first-order valence-electron chi connectivity index (χ1n) is 8.66. The molecule has 1 amide bonds. The number of ether oxygens (including phenoxy) is 1. The molecule has 24 heavy (non-hydrogen) atoms. The Kier molecular flexibility index (Phi) is 4.62. The molecule has 1 atom stereocenters. The van der Waals surface area contributed by atoms with Crippen LogP contribution in [0.15, 0.2) is 24.8 Å². The van der Waals surface area contributed by atoms with Crippen LogP contribution in [0.3, 0.4) is 0 Å². The summed E-state index contributed by atoms with van der Waals surface area (Å²) in [5.41, 5.74) is 0. The van der Waals surface area contributed by atoms with Gasteiger partial charge in [-0.2, -0.15) is 0 Å². The Bertz CT molecular complexity index is 671. The number of thiophene rings is 1. The van der Waals surface area contributed by atoms with Crippen LogP contribution in [0.2, 0.25) is 0 Å². The molecule has 1 unspecified atom stereocenters. The van der Waals surface area contributed by atoms with Gasteiger partial charge in [-0.15, -0.1) is 21.5 Å². The molecule has 0 aromatic carbocycles. The summed E-state index contributed by atoms with van der Waals surface area (Å²) in [5.74, 6) is 0.0528. The molecule has 1 aliphatic carbocycles. The molecule has 6 nitrogen and oxygen atoms in total. The predicted molar refractivity (Wildman–Crippen MR) is 91.0 cm³/mol. The average Bonchev–Trinajstić information content (AvgIpc) is 3.35. The maximum Gasteiger partial charge on any atom is 0.261 e. The minimum atomic E-state index is 0.0528. The van der Waals surface area contributed by atoms with Crippen LogP contribution in [-0.4, -0.2) is 33.3 Å². The smallest absolute Gasteiger partial charge is 0.261 e. The van der Waals surface area contributed by atoms with Crippen molar-refractivity contribution < 1.29 is 9.53 Å². The molecule has 2 aromatic heterocycles. The van der Waals surface area contributed by atoms with Gasteiger partial charge in [0.1, 0.15) is 12.7 Å². The van der Waals surface area contributed by atoms with E-state index in [2.05, 4.69) is 20.1 Å². The van der Waals surface area contributed by atoms with E-state index in [1.54, 1.807) is 24.0 Å². The highest BCUT2D eigenvalue weighted by molar-refractivity contribution is 7.14. The van der Waals surface area contributed by atoms with E-state index in [-0.39, 0.29) is 18.1 Å². The Hall–Kier alpha value is -1.73. The van der Waals surface area contributed by atoms with E-state index in [1.165, 1.54) is 4.88 Å². The van der Waals surface area contributed by atoms with Gasteiger partial charge in [0.15, 0.2) is 0 Å². The number of rotatable bonds is 4. The zero-order valence-corrected chi connectivity index (χ0v) is 14.4. The lowest BCUT2D eigenvalue weighted by atomic mass is 9.91. The van der Waals surface area contributed by atoms with Gasteiger partial charge in [-0.3, -0.25) is 4.79 Å². The van der Waals surface area contributed by atoms with Crippen LogP contribution in [0, 0.1) is 0 Å². The van der Waals surface area contributed by atoms with E-state index in [0.717, 1.165) is 50.0 Å². The molecule has 128 valence electrons. The van der Waals surface area contributed by atoms with Crippen LogP contribution in [0.4, 0.5) is 0 Å². The van der Waals surface area contributed by atoms with E-state index in [4.69, 9.17) is 4.74 Å². The highest BCUT2D eigenvalue weighted by Gasteiger charge is 2.25. The number of carbonyl (C=O) groups is 1. The molecule has 1 saturated carbocycles. The summed E-state index contributed by atoms with van der Waals surface area (Å²) < 4.78 is 7.77. The zero-order valence-electron chi connectivity index (χ0n) is 13.6. The number of carbonyl (C=O) groups excluding carboxylic acids is 1. The molecule has 0 spiro atoms. The van der Waals surface area contributed by atoms with Crippen molar-refractivity contribution in [2.75, 3.05) is 6.61 Å². The fraction of sp³-hybridized carbons (Fsp3) is 0.588. The van der Waals surface area contributed by atoms with Gasteiger partial charge in [-0.05, 0) is 50.7 Å². The number of nitrogens with one attached hydrogen (secondary N) is 1. The molecule has 2 fully saturated rings. The number of hydrogen-bond donors (Lipinski definition) is 1. The fourth-order valence-electron chi connectivity index (χ4n) is 3.62. The lowest BCUT2D eigenvalue weighted by molar-refractivity contribution is 0.0926. The molecular formula is C17H22N4O2S. The minimum Gasteiger partial charge on any atom is -0.373 e. The second kappa shape index (κ2) is 7.03. The zero-order chi connectivity index (χ0) is 16.4. The number of nitrogens with zero attached hydrogens (tertiary/aromatic N) is 3. The maximum absolute atomic E-state index is 12.5. The summed E-state index contributed by atoms with van der Waals surface area (Å²) in [6, 6.07) is 4.69. The molecule has 1 aliphatic heterocycles. The highest BCUT2D eigenvalue weighted by Crippen LogP contribution is 2.33. The van der Waals surface area contributed by atoms with Gasteiger partial charge < -0.3 is 14.6 Å². The van der Waals surface area contributed by atoms with Crippen LogP contribution in [0.25, 0.3) is 0 Å². The molecule has 3 heterocycles. The first kappa shape index (κ1) is 15.8. The van der Waals surface area contributed by atoms with E-state index >= 15 is 0 Å². The third-order valence-corrected chi connectivity index (χ3v) is 6.16. The minimum absolute atomic E-state index is 0.0528. The van der Waals surface area contributed by atoms with Crippen molar-refractivity contribution in [3.05, 3.63) is 34.5 Å². The fourth-order valence-corrected chi connectivity index (χ4v) is 4.62. The van der Waals surface area contributed by atoms with Gasteiger partial charge in [0.25, 0.3) is 5.91 Å². The van der Waals surface area contributed by atoms with Gasteiger partial charge in [-0.1, -0.05) is 0 Å². The molecule has 1 N–H and O–H groups in total. The van der Waals surface area contributed by atoms with Crippen molar-refractivity contribution >= 4 is 17.2 Å². The molecule has 0 bridgehead atoms. The number of aromatic nitrogens is 3. The molecule has 2 aliphatic rings. The normalized spacial score (nSPS) is 27.2. The molecule has 2 aromatic rings. The first-order valence-corrected chi connectivity index (χ1v) is 9.47. The Balaban J connectivity index is 1.30. The number of hydrogen-bond acceptors (Lipinski definition) is 5. The van der Waals surface area contributed by atoms with Gasteiger partial charge >= 0.3 is 0 Å². The van der Waals surface area contributed by atoms with Gasteiger partial charge in [0.05, 0.1) is 11.0 Å². The third-order valence-electron chi connectivity index (χ3n) is 4.99. The summed E-state index contributed by atoms with van der Waals surface area (Å²) in [6.07, 6.45) is 10.0.